The molecule has 3 rings (SSSR count). The zero-order chi connectivity index (χ0) is 16.4. The quantitative estimate of drug-likeness (QED) is 0.847. The Balaban J connectivity index is 1.45. The standard InChI is InChI=1S/C16H29N3O3S/c1-23(21,22)19-10-7-13(8-11-19)14-6-9-18(12-14)16(20)17-15-4-2-3-5-15/h13-15H,2-12H2,1H3,(H,17,20). The molecule has 1 atom stereocenters. The Kier molecular flexibility index (Phi) is 5.16. The van der Waals surface area contributed by atoms with Crippen LogP contribution in [0, 0.1) is 11.8 Å². The minimum atomic E-state index is -3.05. The third-order valence-electron chi connectivity index (χ3n) is 5.83. The molecule has 1 unspecified atom stereocenters. The number of sulfonamides is 1. The number of carbonyl (C=O) groups is 1. The van der Waals surface area contributed by atoms with Crippen molar-refractivity contribution in [3.8, 4) is 0 Å². The van der Waals surface area contributed by atoms with Crippen molar-refractivity contribution in [1.82, 2.24) is 14.5 Å². The molecule has 3 fully saturated rings. The van der Waals surface area contributed by atoms with E-state index in [9.17, 15) is 13.2 Å². The fraction of sp³-hybridized carbons (Fsp3) is 0.938. The van der Waals surface area contributed by atoms with E-state index in [-0.39, 0.29) is 6.03 Å². The largest absolute Gasteiger partial charge is 0.335 e. The van der Waals surface area contributed by atoms with Crippen LogP contribution >= 0.6 is 0 Å². The van der Waals surface area contributed by atoms with Gasteiger partial charge in [-0.1, -0.05) is 12.8 Å². The smallest absolute Gasteiger partial charge is 0.317 e. The first-order valence-electron chi connectivity index (χ1n) is 8.94. The number of hydrogen-bond acceptors (Lipinski definition) is 3. The number of likely N-dealkylation sites (tertiary alicyclic amines) is 1. The molecular formula is C16H29N3O3S. The fourth-order valence-corrected chi connectivity index (χ4v) is 5.25. The van der Waals surface area contributed by atoms with E-state index in [0.717, 1.165) is 45.2 Å². The molecule has 2 heterocycles. The molecular weight excluding hydrogens is 314 g/mol. The third kappa shape index (κ3) is 4.18. The van der Waals surface area contributed by atoms with Crippen LogP contribution in [-0.2, 0) is 10.0 Å². The molecule has 2 saturated heterocycles. The van der Waals surface area contributed by atoms with Crippen molar-refractivity contribution in [2.24, 2.45) is 11.8 Å². The van der Waals surface area contributed by atoms with Crippen molar-refractivity contribution in [2.45, 2.75) is 51.0 Å². The third-order valence-corrected chi connectivity index (χ3v) is 7.13. The first-order chi connectivity index (χ1) is 10.9. The first-order valence-corrected chi connectivity index (χ1v) is 10.8. The van der Waals surface area contributed by atoms with Gasteiger partial charge in [0.2, 0.25) is 10.0 Å². The predicted molar refractivity (Wildman–Crippen MR) is 89.6 cm³/mol. The van der Waals surface area contributed by atoms with Crippen molar-refractivity contribution in [3.05, 3.63) is 0 Å². The lowest BCUT2D eigenvalue weighted by molar-refractivity contribution is 0.189. The fourth-order valence-electron chi connectivity index (χ4n) is 4.37. The van der Waals surface area contributed by atoms with E-state index in [1.807, 2.05) is 4.90 Å². The molecule has 0 aromatic heterocycles. The number of urea groups is 1. The molecule has 0 radical (unpaired) electrons. The van der Waals surface area contributed by atoms with Crippen LogP contribution in [0.15, 0.2) is 0 Å². The Bertz CT molecular complexity index is 523. The number of carbonyl (C=O) groups excluding carboxylic acids is 1. The number of amides is 2. The molecule has 1 N–H and O–H groups in total. The molecule has 0 aromatic carbocycles. The minimum absolute atomic E-state index is 0.105. The van der Waals surface area contributed by atoms with Crippen LogP contribution in [0.3, 0.4) is 0 Å². The van der Waals surface area contributed by atoms with Gasteiger partial charge in [0.15, 0.2) is 0 Å². The van der Waals surface area contributed by atoms with Gasteiger partial charge in [0.1, 0.15) is 0 Å². The van der Waals surface area contributed by atoms with Crippen LogP contribution in [0.25, 0.3) is 0 Å². The molecule has 0 bridgehead atoms. The zero-order valence-electron chi connectivity index (χ0n) is 14.0. The van der Waals surface area contributed by atoms with Gasteiger partial charge in [0.05, 0.1) is 6.26 Å². The van der Waals surface area contributed by atoms with E-state index in [1.54, 1.807) is 4.31 Å². The highest BCUT2D eigenvalue weighted by Crippen LogP contribution is 2.32. The van der Waals surface area contributed by atoms with Gasteiger partial charge in [-0.3, -0.25) is 0 Å². The maximum Gasteiger partial charge on any atom is 0.317 e. The van der Waals surface area contributed by atoms with Gasteiger partial charge in [-0.2, -0.15) is 0 Å². The van der Waals surface area contributed by atoms with E-state index in [1.165, 1.54) is 19.1 Å². The Morgan fingerprint density at radius 1 is 0.957 bits per heavy atom. The van der Waals surface area contributed by atoms with Gasteiger partial charge in [-0.25, -0.2) is 17.5 Å². The van der Waals surface area contributed by atoms with Crippen LogP contribution in [0.1, 0.15) is 44.9 Å². The molecule has 6 nitrogen and oxygen atoms in total. The van der Waals surface area contributed by atoms with E-state index >= 15 is 0 Å². The van der Waals surface area contributed by atoms with Gasteiger partial charge < -0.3 is 10.2 Å². The summed E-state index contributed by atoms with van der Waals surface area (Å²) in [7, 11) is -3.05. The van der Waals surface area contributed by atoms with Gasteiger partial charge in [-0.15, -0.1) is 0 Å². The second kappa shape index (κ2) is 6.97. The zero-order valence-corrected chi connectivity index (χ0v) is 14.9. The van der Waals surface area contributed by atoms with E-state index in [2.05, 4.69) is 5.32 Å². The van der Waals surface area contributed by atoms with E-state index in [4.69, 9.17) is 0 Å². The molecule has 0 aromatic rings. The summed E-state index contributed by atoms with van der Waals surface area (Å²) >= 11 is 0. The molecule has 7 heteroatoms. The second-order valence-corrected chi connectivity index (χ2v) is 9.41. The van der Waals surface area contributed by atoms with Crippen molar-refractivity contribution in [3.63, 3.8) is 0 Å². The molecule has 2 amide bonds. The maximum absolute atomic E-state index is 12.3. The van der Waals surface area contributed by atoms with Crippen molar-refractivity contribution < 1.29 is 13.2 Å². The molecule has 1 aliphatic carbocycles. The van der Waals surface area contributed by atoms with E-state index < -0.39 is 10.0 Å². The van der Waals surface area contributed by atoms with Crippen LogP contribution in [0.4, 0.5) is 4.79 Å². The number of nitrogens with one attached hydrogen (secondary N) is 1. The highest BCUT2D eigenvalue weighted by atomic mass is 32.2. The summed E-state index contributed by atoms with van der Waals surface area (Å²) in [5, 5.41) is 3.17. The lowest BCUT2D eigenvalue weighted by atomic mass is 9.84. The lowest BCUT2D eigenvalue weighted by Gasteiger charge is -2.33. The topological polar surface area (TPSA) is 69.7 Å². The van der Waals surface area contributed by atoms with E-state index in [0.29, 0.717) is 31.0 Å². The Hall–Kier alpha value is -0.820. The Labute approximate surface area is 139 Å². The summed E-state index contributed by atoms with van der Waals surface area (Å²) in [6, 6.07) is 0.479. The van der Waals surface area contributed by atoms with Crippen molar-refractivity contribution >= 4 is 16.1 Å². The molecule has 1 saturated carbocycles. The summed E-state index contributed by atoms with van der Waals surface area (Å²) in [6.45, 7) is 2.94. The van der Waals surface area contributed by atoms with Crippen molar-refractivity contribution in [1.29, 1.82) is 0 Å². The van der Waals surface area contributed by atoms with Gasteiger partial charge in [-0.05, 0) is 43.9 Å². The average Bonchev–Trinajstić information content (AvgIpc) is 3.17. The summed E-state index contributed by atoms with van der Waals surface area (Å²) < 4.78 is 24.8. The van der Waals surface area contributed by atoms with Crippen LogP contribution < -0.4 is 5.32 Å². The molecule has 2 aliphatic heterocycles. The predicted octanol–water partition coefficient (Wildman–Crippen LogP) is 1.63. The molecule has 23 heavy (non-hydrogen) atoms. The number of hydrogen-bond donors (Lipinski definition) is 1. The van der Waals surface area contributed by atoms with Gasteiger partial charge in [0.25, 0.3) is 0 Å². The lowest BCUT2D eigenvalue weighted by Crippen LogP contribution is -2.43. The van der Waals surface area contributed by atoms with Crippen LogP contribution in [0.5, 0.6) is 0 Å². The highest BCUT2D eigenvalue weighted by Gasteiger charge is 2.35. The number of nitrogens with zero attached hydrogens (tertiary/aromatic N) is 2. The van der Waals surface area contributed by atoms with Crippen LogP contribution in [-0.4, -0.2) is 62.1 Å². The highest BCUT2D eigenvalue weighted by molar-refractivity contribution is 7.88. The average molecular weight is 343 g/mol. The Morgan fingerprint density at radius 2 is 1.57 bits per heavy atom. The monoisotopic (exact) mass is 343 g/mol. The van der Waals surface area contributed by atoms with Crippen molar-refractivity contribution in [2.75, 3.05) is 32.4 Å². The van der Waals surface area contributed by atoms with Gasteiger partial charge in [0, 0.05) is 32.2 Å². The molecule has 3 aliphatic rings. The first kappa shape index (κ1) is 17.0. The molecule has 0 spiro atoms. The second-order valence-electron chi connectivity index (χ2n) is 7.43. The Morgan fingerprint density at radius 3 is 2.17 bits per heavy atom. The SMILES string of the molecule is CS(=O)(=O)N1CCC(C2CCN(C(=O)NC3CCCC3)C2)CC1. The molecule has 132 valence electrons. The summed E-state index contributed by atoms with van der Waals surface area (Å²) in [4.78, 5) is 14.3. The summed E-state index contributed by atoms with van der Waals surface area (Å²) in [5.74, 6) is 1.09. The normalized spacial score (nSPS) is 28.4. The summed E-state index contributed by atoms with van der Waals surface area (Å²) in [5.41, 5.74) is 0. The van der Waals surface area contributed by atoms with Gasteiger partial charge >= 0.3 is 6.03 Å². The van der Waals surface area contributed by atoms with Crippen LogP contribution in [0.2, 0.25) is 0 Å². The summed E-state index contributed by atoms with van der Waals surface area (Å²) in [6.07, 6.45) is 8.89. The maximum atomic E-state index is 12.3. The minimum Gasteiger partial charge on any atom is -0.335 e. The number of rotatable bonds is 3. The number of piperidine rings is 1.